The first-order chi connectivity index (χ1) is 14.2. The third-order valence-electron chi connectivity index (χ3n) is 5.69. The van der Waals surface area contributed by atoms with Crippen LogP contribution in [0.5, 0.6) is 17.2 Å². The van der Waals surface area contributed by atoms with Gasteiger partial charge in [0.1, 0.15) is 0 Å². The van der Waals surface area contributed by atoms with E-state index in [1.54, 1.807) is 21.3 Å². The summed E-state index contributed by atoms with van der Waals surface area (Å²) >= 11 is 0. The van der Waals surface area contributed by atoms with Crippen molar-refractivity contribution in [3.05, 3.63) is 53.6 Å². The average Bonchev–Trinajstić information content (AvgIpc) is 2.78. The standard InChI is InChI=1S/C24H34N2O3.ClH/c1-27-22-18-21(19-23(28-2)24(22)29-3)11-13-26-16-14-25(15-17-26)12-7-10-20-8-5-4-6-9-20;/h4-6,8-9,18-19H,7,10-17H2,1-3H3;1H. The Hall–Kier alpha value is -1.95. The molecule has 0 amide bonds. The molecule has 3 rings (SSSR count). The number of rotatable bonds is 10. The van der Waals surface area contributed by atoms with Crippen LogP contribution in [-0.4, -0.2) is 70.4 Å². The number of piperazine rings is 1. The summed E-state index contributed by atoms with van der Waals surface area (Å²) in [4.78, 5) is 5.15. The molecule has 0 aliphatic carbocycles. The molecule has 0 bridgehead atoms. The lowest BCUT2D eigenvalue weighted by Crippen LogP contribution is -2.47. The van der Waals surface area contributed by atoms with Crippen LogP contribution in [0.4, 0.5) is 0 Å². The molecule has 1 aliphatic rings. The first-order valence-electron chi connectivity index (χ1n) is 10.5. The molecule has 30 heavy (non-hydrogen) atoms. The Morgan fingerprint density at radius 1 is 0.700 bits per heavy atom. The second-order valence-electron chi connectivity index (χ2n) is 7.56. The molecule has 0 saturated carbocycles. The summed E-state index contributed by atoms with van der Waals surface area (Å²) < 4.78 is 16.4. The van der Waals surface area contributed by atoms with Crippen molar-refractivity contribution in [3.63, 3.8) is 0 Å². The minimum absolute atomic E-state index is 0. The van der Waals surface area contributed by atoms with Crippen molar-refractivity contribution >= 4 is 12.4 Å². The van der Waals surface area contributed by atoms with Crippen molar-refractivity contribution in [2.24, 2.45) is 0 Å². The van der Waals surface area contributed by atoms with E-state index in [0.29, 0.717) is 5.75 Å². The van der Waals surface area contributed by atoms with Crippen molar-refractivity contribution in [1.29, 1.82) is 0 Å². The SMILES string of the molecule is COc1cc(CCN2CCN(CCCc3ccccc3)CC2)cc(OC)c1OC.Cl. The molecule has 0 spiro atoms. The van der Waals surface area contributed by atoms with Crippen molar-refractivity contribution in [3.8, 4) is 17.2 Å². The Bertz CT molecular complexity index is 724. The molecule has 6 heteroatoms. The fourth-order valence-corrected chi connectivity index (χ4v) is 3.95. The maximum Gasteiger partial charge on any atom is 0.203 e. The van der Waals surface area contributed by atoms with E-state index >= 15 is 0 Å². The van der Waals surface area contributed by atoms with Gasteiger partial charge in [0.2, 0.25) is 5.75 Å². The lowest BCUT2D eigenvalue weighted by Gasteiger charge is -2.34. The highest BCUT2D eigenvalue weighted by molar-refractivity contribution is 5.85. The number of nitrogens with zero attached hydrogens (tertiary/aromatic N) is 2. The molecule has 0 unspecified atom stereocenters. The molecule has 1 saturated heterocycles. The highest BCUT2D eigenvalue weighted by atomic mass is 35.5. The van der Waals surface area contributed by atoms with E-state index in [4.69, 9.17) is 14.2 Å². The molecular weight excluding hydrogens is 400 g/mol. The minimum Gasteiger partial charge on any atom is -0.493 e. The van der Waals surface area contributed by atoms with Gasteiger partial charge in [0.05, 0.1) is 21.3 Å². The normalized spacial score (nSPS) is 14.8. The Balaban J connectivity index is 0.00000320. The van der Waals surface area contributed by atoms with Crippen LogP contribution in [0.3, 0.4) is 0 Å². The highest BCUT2D eigenvalue weighted by Crippen LogP contribution is 2.38. The highest BCUT2D eigenvalue weighted by Gasteiger charge is 2.18. The predicted molar refractivity (Wildman–Crippen MR) is 125 cm³/mol. The summed E-state index contributed by atoms with van der Waals surface area (Å²) in [7, 11) is 4.97. The van der Waals surface area contributed by atoms with Gasteiger partial charge in [-0.15, -0.1) is 12.4 Å². The molecule has 0 aromatic heterocycles. The zero-order valence-electron chi connectivity index (χ0n) is 18.4. The molecular formula is C24H35ClN2O3. The monoisotopic (exact) mass is 434 g/mol. The van der Waals surface area contributed by atoms with Crippen LogP contribution in [-0.2, 0) is 12.8 Å². The number of methoxy groups -OCH3 is 3. The van der Waals surface area contributed by atoms with Crippen LogP contribution in [0.1, 0.15) is 17.5 Å². The van der Waals surface area contributed by atoms with Crippen LogP contribution in [0.2, 0.25) is 0 Å². The average molecular weight is 435 g/mol. The fourth-order valence-electron chi connectivity index (χ4n) is 3.95. The summed E-state index contributed by atoms with van der Waals surface area (Å²) in [6.07, 6.45) is 3.38. The van der Waals surface area contributed by atoms with Gasteiger partial charge < -0.3 is 24.0 Å². The van der Waals surface area contributed by atoms with Crippen molar-refractivity contribution in [1.82, 2.24) is 9.80 Å². The molecule has 2 aromatic carbocycles. The minimum atomic E-state index is 0. The number of benzene rings is 2. The number of hydrogen-bond acceptors (Lipinski definition) is 5. The quantitative estimate of drug-likeness (QED) is 0.566. The summed E-state index contributed by atoms with van der Waals surface area (Å²) in [6, 6.07) is 14.9. The van der Waals surface area contributed by atoms with Crippen molar-refractivity contribution < 1.29 is 14.2 Å². The van der Waals surface area contributed by atoms with Crippen LogP contribution < -0.4 is 14.2 Å². The summed E-state index contributed by atoms with van der Waals surface area (Å²) in [5, 5.41) is 0. The Labute approximate surface area is 187 Å². The molecule has 0 atom stereocenters. The lowest BCUT2D eigenvalue weighted by molar-refractivity contribution is 0.132. The van der Waals surface area contributed by atoms with Gasteiger partial charge in [-0.05, 0) is 49.1 Å². The van der Waals surface area contributed by atoms with Crippen LogP contribution in [0.25, 0.3) is 0 Å². The lowest BCUT2D eigenvalue weighted by atomic mass is 10.1. The Kier molecular flexibility index (Phi) is 10.3. The predicted octanol–water partition coefficient (Wildman–Crippen LogP) is 3.93. The maximum absolute atomic E-state index is 5.47. The topological polar surface area (TPSA) is 34.2 Å². The van der Waals surface area contributed by atoms with E-state index in [0.717, 1.165) is 50.6 Å². The first-order valence-corrected chi connectivity index (χ1v) is 10.5. The van der Waals surface area contributed by atoms with Gasteiger partial charge >= 0.3 is 0 Å². The fraction of sp³-hybridized carbons (Fsp3) is 0.500. The van der Waals surface area contributed by atoms with Crippen LogP contribution >= 0.6 is 12.4 Å². The number of hydrogen-bond donors (Lipinski definition) is 0. The van der Waals surface area contributed by atoms with E-state index in [1.807, 2.05) is 0 Å². The van der Waals surface area contributed by atoms with Crippen molar-refractivity contribution in [2.75, 3.05) is 60.6 Å². The summed E-state index contributed by atoms with van der Waals surface area (Å²) in [5.74, 6) is 2.11. The molecule has 1 heterocycles. The van der Waals surface area contributed by atoms with Gasteiger partial charge in [-0.2, -0.15) is 0 Å². The molecule has 1 fully saturated rings. The molecule has 166 valence electrons. The largest absolute Gasteiger partial charge is 0.493 e. The zero-order valence-corrected chi connectivity index (χ0v) is 19.2. The summed E-state index contributed by atoms with van der Waals surface area (Å²) in [5.41, 5.74) is 2.65. The van der Waals surface area contributed by atoms with Crippen LogP contribution in [0, 0.1) is 0 Å². The molecule has 0 N–H and O–H groups in total. The van der Waals surface area contributed by atoms with Crippen molar-refractivity contribution in [2.45, 2.75) is 19.3 Å². The van der Waals surface area contributed by atoms with Gasteiger partial charge in [0, 0.05) is 32.7 Å². The van der Waals surface area contributed by atoms with Gasteiger partial charge in [-0.1, -0.05) is 30.3 Å². The molecule has 2 aromatic rings. The molecule has 5 nitrogen and oxygen atoms in total. The van der Waals surface area contributed by atoms with Gasteiger partial charge in [-0.25, -0.2) is 0 Å². The Morgan fingerprint density at radius 2 is 1.27 bits per heavy atom. The third-order valence-corrected chi connectivity index (χ3v) is 5.69. The number of aryl methyl sites for hydroxylation is 1. The van der Waals surface area contributed by atoms with Crippen LogP contribution in [0.15, 0.2) is 42.5 Å². The van der Waals surface area contributed by atoms with Gasteiger partial charge in [0.25, 0.3) is 0 Å². The van der Waals surface area contributed by atoms with Gasteiger partial charge in [-0.3, -0.25) is 0 Å². The van der Waals surface area contributed by atoms with Gasteiger partial charge in [0.15, 0.2) is 11.5 Å². The maximum atomic E-state index is 5.47. The Morgan fingerprint density at radius 3 is 1.80 bits per heavy atom. The molecule has 1 aliphatic heterocycles. The first kappa shape index (κ1) is 24.3. The van der Waals surface area contributed by atoms with E-state index < -0.39 is 0 Å². The zero-order chi connectivity index (χ0) is 20.5. The molecule has 0 radical (unpaired) electrons. The van der Waals surface area contributed by atoms with E-state index in [2.05, 4.69) is 52.3 Å². The van der Waals surface area contributed by atoms with E-state index in [9.17, 15) is 0 Å². The summed E-state index contributed by atoms with van der Waals surface area (Å²) in [6.45, 7) is 6.83. The second kappa shape index (κ2) is 12.7. The smallest absolute Gasteiger partial charge is 0.203 e. The number of halogens is 1. The third kappa shape index (κ3) is 6.79. The van der Waals surface area contributed by atoms with E-state index in [-0.39, 0.29) is 12.4 Å². The van der Waals surface area contributed by atoms with E-state index in [1.165, 1.54) is 30.5 Å². The second-order valence-corrected chi connectivity index (χ2v) is 7.56. The number of ether oxygens (including phenoxy) is 3.